The number of aromatic nitrogens is 1. The zero-order chi connectivity index (χ0) is 12.1. The molecular weight excluding hydrogens is 236 g/mol. The fraction of sp³-hybridized carbons (Fsp3) is 0.0769. The van der Waals surface area contributed by atoms with Gasteiger partial charge in [0.1, 0.15) is 24.1 Å². The van der Waals surface area contributed by atoms with Gasteiger partial charge < -0.3 is 4.74 Å². The largest absolute Gasteiger partial charge is 0.489 e. The van der Waals surface area contributed by atoms with Crippen molar-refractivity contribution in [3.63, 3.8) is 0 Å². The molecule has 0 N–H and O–H groups in total. The smallest absolute Gasteiger partial charge is 0.144 e. The molecule has 0 bridgehead atoms. The molecule has 0 saturated heterocycles. The molecular formula is C13H9ClN2O. The van der Waals surface area contributed by atoms with Gasteiger partial charge in [0.15, 0.2) is 0 Å². The predicted octanol–water partition coefficient (Wildman–Crippen LogP) is 3.19. The summed E-state index contributed by atoms with van der Waals surface area (Å²) >= 11 is 5.78. The van der Waals surface area contributed by atoms with Crippen LogP contribution in [0, 0.1) is 11.3 Å². The number of rotatable bonds is 3. The van der Waals surface area contributed by atoms with Gasteiger partial charge in [-0.3, -0.25) is 0 Å². The highest BCUT2D eigenvalue weighted by molar-refractivity contribution is 6.30. The van der Waals surface area contributed by atoms with Crippen molar-refractivity contribution in [2.24, 2.45) is 0 Å². The number of nitrogens with zero attached hydrogens (tertiary/aromatic N) is 2. The lowest BCUT2D eigenvalue weighted by Gasteiger charge is -2.06. The lowest BCUT2D eigenvalue weighted by molar-refractivity contribution is 0.306. The van der Waals surface area contributed by atoms with Gasteiger partial charge in [0.25, 0.3) is 0 Å². The Balaban J connectivity index is 2.02. The van der Waals surface area contributed by atoms with Gasteiger partial charge in [-0.1, -0.05) is 23.7 Å². The molecule has 0 fully saturated rings. The highest BCUT2D eigenvalue weighted by atomic mass is 35.5. The van der Waals surface area contributed by atoms with Gasteiger partial charge in [-0.05, 0) is 23.8 Å². The Kier molecular flexibility index (Phi) is 3.59. The maximum atomic E-state index is 8.70. The quantitative estimate of drug-likeness (QED) is 0.833. The van der Waals surface area contributed by atoms with Gasteiger partial charge in [0, 0.05) is 17.3 Å². The summed E-state index contributed by atoms with van der Waals surface area (Å²) in [6, 6.07) is 12.7. The van der Waals surface area contributed by atoms with E-state index in [0.29, 0.717) is 23.1 Å². The van der Waals surface area contributed by atoms with Crippen LogP contribution in [0.1, 0.15) is 11.3 Å². The molecule has 84 valence electrons. The topological polar surface area (TPSA) is 45.9 Å². The predicted molar refractivity (Wildman–Crippen MR) is 64.7 cm³/mol. The molecule has 0 saturated carbocycles. The van der Waals surface area contributed by atoms with E-state index in [2.05, 4.69) is 4.98 Å². The van der Waals surface area contributed by atoms with Crippen LogP contribution in [0.15, 0.2) is 42.6 Å². The molecule has 0 spiro atoms. The molecule has 1 heterocycles. The minimum absolute atomic E-state index is 0.346. The van der Waals surface area contributed by atoms with Gasteiger partial charge in [0.05, 0.1) is 0 Å². The molecule has 0 amide bonds. The molecule has 1 aromatic heterocycles. The Bertz CT molecular complexity index is 546. The van der Waals surface area contributed by atoms with Crippen LogP contribution < -0.4 is 4.74 Å². The van der Waals surface area contributed by atoms with Gasteiger partial charge >= 0.3 is 0 Å². The van der Waals surface area contributed by atoms with Crippen molar-refractivity contribution in [3.8, 4) is 11.8 Å². The van der Waals surface area contributed by atoms with Crippen LogP contribution in [-0.4, -0.2) is 4.98 Å². The monoisotopic (exact) mass is 244 g/mol. The molecule has 0 atom stereocenters. The highest BCUT2D eigenvalue weighted by Gasteiger charge is 1.98. The average molecular weight is 245 g/mol. The SMILES string of the molecule is N#Cc1cc(OCc2ccc(Cl)cc2)ccn1. The van der Waals surface area contributed by atoms with Crippen molar-refractivity contribution in [2.45, 2.75) is 6.61 Å². The maximum absolute atomic E-state index is 8.70. The molecule has 0 unspecified atom stereocenters. The second-order valence-corrected chi connectivity index (χ2v) is 3.84. The van der Waals surface area contributed by atoms with E-state index >= 15 is 0 Å². The van der Waals surface area contributed by atoms with Crippen LogP contribution in [0.25, 0.3) is 0 Å². The van der Waals surface area contributed by atoms with Gasteiger partial charge in [0.2, 0.25) is 0 Å². The van der Waals surface area contributed by atoms with Gasteiger partial charge in [-0.2, -0.15) is 5.26 Å². The van der Waals surface area contributed by atoms with E-state index in [1.54, 1.807) is 18.3 Å². The lowest BCUT2D eigenvalue weighted by Crippen LogP contribution is -1.95. The first-order valence-corrected chi connectivity index (χ1v) is 5.39. The van der Waals surface area contributed by atoms with Crippen molar-refractivity contribution in [3.05, 3.63) is 58.9 Å². The molecule has 17 heavy (non-hydrogen) atoms. The number of hydrogen-bond donors (Lipinski definition) is 0. The summed E-state index contributed by atoms with van der Waals surface area (Å²) in [5.41, 5.74) is 1.36. The molecule has 2 rings (SSSR count). The Labute approximate surface area is 104 Å². The van der Waals surface area contributed by atoms with Crippen LogP contribution in [-0.2, 0) is 6.61 Å². The summed E-state index contributed by atoms with van der Waals surface area (Å²) in [7, 11) is 0. The lowest BCUT2D eigenvalue weighted by atomic mass is 10.2. The summed E-state index contributed by atoms with van der Waals surface area (Å²) in [5.74, 6) is 0.631. The van der Waals surface area contributed by atoms with Crippen molar-refractivity contribution in [1.29, 1.82) is 5.26 Å². The van der Waals surface area contributed by atoms with E-state index in [1.807, 2.05) is 30.3 Å². The second-order valence-electron chi connectivity index (χ2n) is 3.40. The first kappa shape index (κ1) is 11.4. The van der Waals surface area contributed by atoms with Gasteiger partial charge in [-0.25, -0.2) is 4.98 Å². The van der Waals surface area contributed by atoms with Crippen molar-refractivity contribution < 1.29 is 4.74 Å². The highest BCUT2D eigenvalue weighted by Crippen LogP contribution is 2.14. The van der Waals surface area contributed by atoms with E-state index in [4.69, 9.17) is 21.6 Å². The zero-order valence-electron chi connectivity index (χ0n) is 8.93. The second kappa shape index (κ2) is 5.33. The molecule has 1 aromatic carbocycles. The average Bonchev–Trinajstić information content (AvgIpc) is 2.38. The minimum Gasteiger partial charge on any atom is -0.489 e. The standard InChI is InChI=1S/C13H9ClN2O/c14-11-3-1-10(2-4-11)9-17-13-5-6-16-12(7-13)8-15/h1-7H,9H2. The summed E-state index contributed by atoms with van der Waals surface area (Å²) in [4.78, 5) is 3.87. The molecule has 2 aromatic rings. The van der Waals surface area contributed by atoms with Crippen LogP contribution >= 0.6 is 11.6 Å². The number of nitriles is 1. The van der Waals surface area contributed by atoms with E-state index in [-0.39, 0.29) is 0 Å². The summed E-state index contributed by atoms with van der Waals surface area (Å²) in [6.07, 6.45) is 1.55. The van der Waals surface area contributed by atoms with Crippen LogP contribution in [0.2, 0.25) is 5.02 Å². The Morgan fingerprint density at radius 2 is 2.00 bits per heavy atom. The number of pyridine rings is 1. The first-order chi connectivity index (χ1) is 8.28. The van der Waals surface area contributed by atoms with Crippen LogP contribution in [0.3, 0.4) is 0 Å². The molecule has 0 aliphatic carbocycles. The fourth-order valence-corrected chi connectivity index (χ4v) is 1.44. The molecule has 0 aliphatic rings. The number of halogens is 1. The summed E-state index contributed by atoms with van der Waals surface area (Å²) in [5, 5.41) is 9.39. The van der Waals surface area contributed by atoms with E-state index < -0.39 is 0 Å². The Morgan fingerprint density at radius 3 is 2.71 bits per heavy atom. The van der Waals surface area contributed by atoms with E-state index in [9.17, 15) is 0 Å². The summed E-state index contributed by atoms with van der Waals surface area (Å²) in [6.45, 7) is 0.437. The number of benzene rings is 1. The normalized spacial score (nSPS) is 9.65. The van der Waals surface area contributed by atoms with Crippen molar-refractivity contribution >= 4 is 11.6 Å². The molecule has 3 nitrogen and oxygen atoms in total. The molecule has 0 radical (unpaired) electrons. The van der Waals surface area contributed by atoms with Gasteiger partial charge in [-0.15, -0.1) is 0 Å². The molecule has 4 heteroatoms. The number of hydrogen-bond acceptors (Lipinski definition) is 3. The third-order valence-electron chi connectivity index (χ3n) is 2.16. The molecule has 0 aliphatic heterocycles. The van der Waals surface area contributed by atoms with Crippen LogP contribution in [0.5, 0.6) is 5.75 Å². The Hall–Kier alpha value is -2.05. The minimum atomic E-state index is 0.346. The maximum Gasteiger partial charge on any atom is 0.144 e. The van der Waals surface area contributed by atoms with Crippen molar-refractivity contribution in [1.82, 2.24) is 4.98 Å². The first-order valence-electron chi connectivity index (χ1n) is 5.01. The third-order valence-corrected chi connectivity index (χ3v) is 2.42. The summed E-state index contributed by atoms with van der Waals surface area (Å²) < 4.78 is 5.54. The Morgan fingerprint density at radius 1 is 1.24 bits per heavy atom. The van der Waals surface area contributed by atoms with E-state index in [0.717, 1.165) is 5.56 Å². The van der Waals surface area contributed by atoms with E-state index in [1.165, 1.54) is 0 Å². The fourth-order valence-electron chi connectivity index (χ4n) is 1.31. The van der Waals surface area contributed by atoms with Crippen molar-refractivity contribution in [2.75, 3.05) is 0 Å². The van der Waals surface area contributed by atoms with Crippen LogP contribution in [0.4, 0.5) is 0 Å². The zero-order valence-corrected chi connectivity index (χ0v) is 9.69. The number of ether oxygens (including phenoxy) is 1. The third kappa shape index (κ3) is 3.20.